The number of hydrogen-bond donors (Lipinski definition) is 0. The van der Waals surface area contributed by atoms with Crippen LogP contribution in [-0.2, 0) is 9.47 Å². The standard InChI is InChI=1S/C22H26O6/c1-16(2)11-12-26-19-9-7-17(8-10-19)22(24)28-20-6-4-5-18(15-20)21(23)27-14-13-25-3/h4-10,15-16H,11-14H2,1-3H3. The maximum absolute atomic E-state index is 12.3. The van der Waals surface area contributed by atoms with E-state index in [0.717, 1.165) is 6.42 Å². The summed E-state index contributed by atoms with van der Waals surface area (Å²) < 4.78 is 20.9. The molecule has 2 rings (SSSR count). The van der Waals surface area contributed by atoms with E-state index in [0.29, 0.717) is 36.0 Å². The first-order chi connectivity index (χ1) is 13.5. The number of carbonyl (C=O) groups excluding carboxylic acids is 2. The van der Waals surface area contributed by atoms with Gasteiger partial charge >= 0.3 is 11.9 Å². The number of hydrogen-bond acceptors (Lipinski definition) is 6. The van der Waals surface area contributed by atoms with Crippen molar-refractivity contribution in [1.29, 1.82) is 0 Å². The molecular weight excluding hydrogens is 360 g/mol. The van der Waals surface area contributed by atoms with Crippen LogP contribution in [-0.4, -0.2) is 38.9 Å². The van der Waals surface area contributed by atoms with Crippen LogP contribution in [0.15, 0.2) is 48.5 Å². The van der Waals surface area contributed by atoms with Crippen molar-refractivity contribution in [3.8, 4) is 11.5 Å². The minimum absolute atomic E-state index is 0.158. The van der Waals surface area contributed by atoms with Crippen LogP contribution < -0.4 is 9.47 Å². The topological polar surface area (TPSA) is 71.1 Å². The third-order valence-corrected chi connectivity index (χ3v) is 3.85. The summed E-state index contributed by atoms with van der Waals surface area (Å²) >= 11 is 0. The SMILES string of the molecule is COCCOC(=O)c1cccc(OC(=O)c2ccc(OCCC(C)C)cc2)c1. The Kier molecular flexibility index (Phi) is 8.49. The first kappa shape index (κ1) is 21.4. The summed E-state index contributed by atoms with van der Waals surface area (Å²) in [4.78, 5) is 24.3. The number of methoxy groups -OCH3 is 1. The summed E-state index contributed by atoms with van der Waals surface area (Å²) in [6.07, 6.45) is 0.966. The van der Waals surface area contributed by atoms with E-state index in [4.69, 9.17) is 18.9 Å². The van der Waals surface area contributed by atoms with Crippen molar-refractivity contribution in [2.45, 2.75) is 20.3 Å². The smallest absolute Gasteiger partial charge is 0.343 e. The molecule has 0 fully saturated rings. The molecular formula is C22H26O6. The molecule has 6 nitrogen and oxygen atoms in total. The highest BCUT2D eigenvalue weighted by Crippen LogP contribution is 2.18. The van der Waals surface area contributed by atoms with Crippen LogP contribution in [0.1, 0.15) is 41.0 Å². The second-order valence-electron chi connectivity index (χ2n) is 6.60. The van der Waals surface area contributed by atoms with Gasteiger partial charge in [-0.25, -0.2) is 9.59 Å². The highest BCUT2D eigenvalue weighted by atomic mass is 16.6. The molecule has 0 heterocycles. The molecule has 0 aliphatic carbocycles. The molecule has 0 aliphatic heterocycles. The molecule has 0 aliphatic rings. The van der Waals surface area contributed by atoms with Gasteiger partial charge in [0.2, 0.25) is 0 Å². The lowest BCUT2D eigenvalue weighted by molar-refractivity contribution is 0.0387. The highest BCUT2D eigenvalue weighted by Gasteiger charge is 2.12. The molecule has 0 radical (unpaired) electrons. The van der Waals surface area contributed by atoms with Crippen LogP contribution in [0.3, 0.4) is 0 Å². The second-order valence-corrected chi connectivity index (χ2v) is 6.60. The molecule has 0 atom stereocenters. The van der Waals surface area contributed by atoms with E-state index < -0.39 is 11.9 Å². The predicted octanol–water partition coefficient (Wildman–Crippen LogP) is 4.13. The Morgan fingerprint density at radius 2 is 1.61 bits per heavy atom. The molecule has 150 valence electrons. The zero-order valence-electron chi connectivity index (χ0n) is 16.5. The normalized spacial score (nSPS) is 10.6. The average Bonchev–Trinajstić information content (AvgIpc) is 2.68. The van der Waals surface area contributed by atoms with Gasteiger partial charge in [0.05, 0.1) is 24.3 Å². The van der Waals surface area contributed by atoms with Crippen molar-refractivity contribution in [2.24, 2.45) is 5.92 Å². The van der Waals surface area contributed by atoms with Gasteiger partial charge in [0.15, 0.2) is 0 Å². The number of esters is 2. The fraction of sp³-hybridized carbons (Fsp3) is 0.364. The van der Waals surface area contributed by atoms with Crippen LogP contribution in [0.2, 0.25) is 0 Å². The van der Waals surface area contributed by atoms with Gasteiger partial charge in [-0.2, -0.15) is 0 Å². The minimum atomic E-state index is -0.515. The Balaban J connectivity index is 1.93. The maximum Gasteiger partial charge on any atom is 0.343 e. The number of benzene rings is 2. The summed E-state index contributed by atoms with van der Waals surface area (Å²) in [6, 6.07) is 13.1. The van der Waals surface area contributed by atoms with Crippen LogP contribution in [0, 0.1) is 5.92 Å². The van der Waals surface area contributed by atoms with Gasteiger partial charge in [0.1, 0.15) is 18.1 Å². The van der Waals surface area contributed by atoms with E-state index in [1.54, 1.807) is 42.5 Å². The van der Waals surface area contributed by atoms with Gasteiger partial charge in [-0.3, -0.25) is 0 Å². The number of carbonyl (C=O) groups is 2. The molecule has 0 spiro atoms. The zero-order chi connectivity index (χ0) is 20.4. The average molecular weight is 386 g/mol. The van der Waals surface area contributed by atoms with Crippen molar-refractivity contribution >= 4 is 11.9 Å². The van der Waals surface area contributed by atoms with Crippen LogP contribution in [0.5, 0.6) is 11.5 Å². The molecule has 0 saturated carbocycles. The molecule has 2 aromatic rings. The van der Waals surface area contributed by atoms with Crippen molar-refractivity contribution < 1.29 is 28.5 Å². The predicted molar refractivity (Wildman–Crippen MR) is 105 cm³/mol. The largest absolute Gasteiger partial charge is 0.494 e. The Hall–Kier alpha value is -2.86. The summed E-state index contributed by atoms with van der Waals surface area (Å²) in [5.41, 5.74) is 0.694. The van der Waals surface area contributed by atoms with Crippen molar-refractivity contribution in [1.82, 2.24) is 0 Å². The van der Waals surface area contributed by atoms with E-state index in [-0.39, 0.29) is 12.4 Å². The highest BCUT2D eigenvalue weighted by molar-refractivity contribution is 5.92. The van der Waals surface area contributed by atoms with E-state index in [1.807, 2.05) is 0 Å². The van der Waals surface area contributed by atoms with Crippen LogP contribution in [0.4, 0.5) is 0 Å². The fourth-order valence-electron chi connectivity index (χ4n) is 2.25. The Morgan fingerprint density at radius 3 is 2.29 bits per heavy atom. The Bertz CT molecular complexity index is 767. The molecule has 0 bridgehead atoms. The summed E-state index contributed by atoms with van der Waals surface area (Å²) in [5, 5.41) is 0. The van der Waals surface area contributed by atoms with Gasteiger partial charge in [-0.05, 0) is 54.8 Å². The first-order valence-corrected chi connectivity index (χ1v) is 9.20. The van der Waals surface area contributed by atoms with Crippen LogP contribution in [0.25, 0.3) is 0 Å². The van der Waals surface area contributed by atoms with Gasteiger partial charge in [-0.1, -0.05) is 19.9 Å². The third kappa shape index (κ3) is 7.04. The van der Waals surface area contributed by atoms with Gasteiger partial charge in [-0.15, -0.1) is 0 Å². The Morgan fingerprint density at radius 1 is 0.857 bits per heavy atom. The number of ether oxygens (including phenoxy) is 4. The second kappa shape index (κ2) is 11.1. The summed E-state index contributed by atoms with van der Waals surface area (Å²) in [5.74, 6) is 0.528. The fourth-order valence-corrected chi connectivity index (χ4v) is 2.25. The molecule has 0 saturated heterocycles. The molecule has 6 heteroatoms. The summed E-state index contributed by atoms with van der Waals surface area (Å²) in [7, 11) is 1.53. The summed E-state index contributed by atoms with van der Waals surface area (Å²) in [6.45, 7) is 5.38. The lowest BCUT2D eigenvalue weighted by Gasteiger charge is -2.09. The quantitative estimate of drug-likeness (QED) is 0.347. The first-order valence-electron chi connectivity index (χ1n) is 9.20. The third-order valence-electron chi connectivity index (χ3n) is 3.85. The number of rotatable bonds is 10. The van der Waals surface area contributed by atoms with E-state index in [9.17, 15) is 9.59 Å². The molecule has 2 aromatic carbocycles. The minimum Gasteiger partial charge on any atom is -0.494 e. The van der Waals surface area contributed by atoms with E-state index >= 15 is 0 Å². The Labute approximate surface area is 165 Å². The van der Waals surface area contributed by atoms with Gasteiger partial charge < -0.3 is 18.9 Å². The van der Waals surface area contributed by atoms with Crippen molar-refractivity contribution in [2.75, 3.05) is 26.9 Å². The molecule has 0 aromatic heterocycles. The maximum atomic E-state index is 12.3. The lowest BCUT2D eigenvalue weighted by atomic mass is 10.1. The van der Waals surface area contributed by atoms with E-state index in [2.05, 4.69) is 13.8 Å². The van der Waals surface area contributed by atoms with Crippen molar-refractivity contribution in [3.63, 3.8) is 0 Å². The van der Waals surface area contributed by atoms with Crippen molar-refractivity contribution in [3.05, 3.63) is 59.7 Å². The molecule has 0 amide bonds. The molecule has 28 heavy (non-hydrogen) atoms. The van der Waals surface area contributed by atoms with Gasteiger partial charge in [0, 0.05) is 7.11 Å². The molecule has 0 unspecified atom stereocenters. The lowest BCUT2D eigenvalue weighted by Crippen LogP contribution is -2.11. The monoisotopic (exact) mass is 386 g/mol. The van der Waals surface area contributed by atoms with E-state index in [1.165, 1.54) is 13.2 Å². The van der Waals surface area contributed by atoms with Gasteiger partial charge in [0.25, 0.3) is 0 Å². The zero-order valence-corrected chi connectivity index (χ0v) is 16.5. The molecule has 0 N–H and O–H groups in total. The van der Waals surface area contributed by atoms with Crippen LogP contribution >= 0.6 is 0 Å².